The number of primary sulfonamides is 1. The minimum absolute atomic E-state index is 0.0217. The Kier molecular flexibility index (Phi) is 4.92. The standard InChI is InChI=1S/C17H14N4O4S/c18-26(23,24)15-4-1-12(2-5-15)16-6-3-14(25-16)11-20-21-17(22)13-7-9-19-10-8-13/h1-11H,(H,21,22)(H2,18,23,24)/b20-11+. The maximum absolute atomic E-state index is 11.8. The van der Waals surface area contributed by atoms with Crippen LogP contribution in [-0.4, -0.2) is 25.5 Å². The van der Waals surface area contributed by atoms with Crippen molar-refractivity contribution >= 4 is 22.1 Å². The van der Waals surface area contributed by atoms with Crippen molar-refractivity contribution in [2.75, 3.05) is 0 Å². The second-order valence-electron chi connectivity index (χ2n) is 5.21. The van der Waals surface area contributed by atoms with Crippen LogP contribution in [0.3, 0.4) is 0 Å². The lowest BCUT2D eigenvalue weighted by atomic mass is 10.2. The summed E-state index contributed by atoms with van der Waals surface area (Å²) in [6, 6.07) is 12.5. The fourth-order valence-corrected chi connectivity index (χ4v) is 2.62. The Morgan fingerprint density at radius 1 is 1.08 bits per heavy atom. The number of nitrogens with one attached hydrogen (secondary N) is 1. The molecule has 9 heteroatoms. The van der Waals surface area contributed by atoms with Crippen molar-refractivity contribution in [2.45, 2.75) is 4.90 Å². The van der Waals surface area contributed by atoms with E-state index in [1.54, 1.807) is 36.4 Å². The molecule has 1 amide bonds. The average molecular weight is 370 g/mol. The number of nitrogens with two attached hydrogens (primary N) is 1. The van der Waals surface area contributed by atoms with E-state index in [1.807, 2.05) is 0 Å². The van der Waals surface area contributed by atoms with E-state index < -0.39 is 10.0 Å². The molecule has 0 saturated carbocycles. The number of sulfonamides is 1. The summed E-state index contributed by atoms with van der Waals surface area (Å²) in [6.45, 7) is 0. The molecule has 2 heterocycles. The summed E-state index contributed by atoms with van der Waals surface area (Å²) in [6.07, 6.45) is 4.39. The summed E-state index contributed by atoms with van der Waals surface area (Å²) in [5, 5.41) is 8.90. The maximum Gasteiger partial charge on any atom is 0.271 e. The van der Waals surface area contributed by atoms with Gasteiger partial charge < -0.3 is 4.42 Å². The van der Waals surface area contributed by atoms with Gasteiger partial charge in [-0.3, -0.25) is 9.78 Å². The van der Waals surface area contributed by atoms with Crippen LogP contribution in [0, 0.1) is 0 Å². The van der Waals surface area contributed by atoms with Gasteiger partial charge in [0.25, 0.3) is 5.91 Å². The highest BCUT2D eigenvalue weighted by molar-refractivity contribution is 7.89. The molecule has 0 radical (unpaired) electrons. The van der Waals surface area contributed by atoms with E-state index in [0.29, 0.717) is 22.6 Å². The average Bonchev–Trinajstić information content (AvgIpc) is 3.11. The first-order chi connectivity index (χ1) is 12.4. The largest absolute Gasteiger partial charge is 0.455 e. The molecule has 2 aromatic heterocycles. The first-order valence-electron chi connectivity index (χ1n) is 7.40. The van der Waals surface area contributed by atoms with Gasteiger partial charge in [-0.1, -0.05) is 0 Å². The van der Waals surface area contributed by atoms with E-state index in [4.69, 9.17) is 9.56 Å². The molecular weight excluding hydrogens is 356 g/mol. The Labute approximate surface area is 149 Å². The molecule has 3 aromatic rings. The van der Waals surface area contributed by atoms with Crippen LogP contribution in [0.1, 0.15) is 16.1 Å². The second-order valence-corrected chi connectivity index (χ2v) is 6.77. The molecule has 0 aliphatic carbocycles. The normalized spacial score (nSPS) is 11.6. The summed E-state index contributed by atoms with van der Waals surface area (Å²) in [5.74, 6) is 0.576. The van der Waals surface area contributed by atoms with E-state index in [2.05, 4.69) is 15.5 Å². The molecule has 26 heavy (non-hydrogen) atoms. The highest BCUT2D eigenvalue weighted by atomic mass is 32.2. The lowest BCUT2D eigenvalue weighted by molar-refractivity contribution is 0.0955. The number of benzene rings is 1. The van der Waals surface area contributed by atoms with Crippen LogP contribution < -0.4 is 10.6 Å². The number of furan rings is 1. The predicted octanol–water partition coefficient (Wildman–Crippen LogP) is 1.75. The molecular formula is C17H14N4O4S. The van der Waals surface area contributed by atoms with E-state index in [0.717, 1.165) is 0 Å². The Hall–Kier alpha value is -3.30. The zero-order chi connectivity index (χ0) is 18.6. The third kappa shape index (κ3) is 4.21. The van der Waals surface area contributed by atoms with Gasteiger partial charge in [0, 0.05) is 23.5 Å². The minimum atomic E-state index is -3.74. The zero-order valence-electron chi connectivity index (χ0n) is 13.4. The van der Waals surface area contributed by atoms with Crippen LogP contribution in [0.2, 0.25) is 0 Å². The van der Waals surface area contributed by atoms with Gasteiger partial charge in [-0.05, 0) is 48.5 Å². The van der Waals surface area contributed by atoms with Crippen molar-refractivity contribution in [3.05, 3.63) is 72.2 Å². The lowest BCUT2D eigenvalue weighted by Crippen LogP contribution is -2.17. The van der Waals surface area contributed by atoms with Gasteiger partial charge in [0.05, 0.1) is 11.1 Å². The van der Waals surface area contributed by atoms with Crippen LogP contribution in [0.4, 0.5) is 0 Å². The number of carbonyl (C=O) groups is 1. The van der Waals surface area contributed by atoms with Gasteiger partial charge in [0.15, 0.2) is 0 Å². The third-order valence-electron chi connectivity index (χ3n) is 3.39. The molecule has 1 aromatic carbocycles. The SMILES string of the molecule is NS(=O)(=O)c1ccc(-c2ccc(/C=N/NC(=O)c3ccncc3)o2)cc1. The lowest BCUT2D eigenvalue weighted by Gasteiger charge is -2.00. The Morgan fingerprint density at radius 3 is 2.42 bits per heavy atom. The zero-order valence-corrected chi connectivity index (χ0v) is 14.2. The van der Waals surface area contributed by atoms with E-state index >= 15 is 0 Å². The van der Waals surface area contributed by atoms with Crippen molar-refractivity contribution in [2.24, 2.45) is 10.2 Å². The van der Waals surface area contributed by atoms with Crippen LogP contribution in [0.15, 0.2) is 75.3 Å². The molecule has 0 aliphatic heterocycles. The molecule has 8 nitrogen and oxygen atoms in total. The first kappa shape index (κ1) is 17.5. The quantitative estimate of drug-likeness (QED) is 0.522. The molecule has 0 fully saturated rings. The summed E-state index contributed by atoms with van der Waals surface area (Å²) in [4.78, 5) is 15.7. The molecule has 0 bridgehead atoms. The second kappa shape index (κ2) is 7.30. The number of hydrazone groups is 1. The summed E-state index contributed by atoms with van der Waals surface area (Å²) in [5.41, 5.74) is 3.50. The topological polar surface area (TPSA) is 128 Å². The van der Waals surface area contributed by atoms with Crippen LogP contribution >= 0.6 is 0 Å². The molecule has 132 valence electrons. The van der Waals surface area contributed by atoms with Crippen molar-refractivity contribution in [1.82, 2.24) is 10.4 Å². The summed E-state index contributed by atoms with van der Waals surface area (Å²) in [7, 11) is -3.74. The van der Waals surface area contributed by atoms with Crippen molar-refractivity contribution in [1.29, 1.82) is 0 Å². The number of rotatable bonds is 5. The molecule has 0 spiro atoms. The van der Waals surface area contributed by atoms with Gasteiger partial charge in [-0.25, -0.2) is 19.0 Å². The molecule has 3 rings (SSSR count). The summed E-state index contributed by atoms with van der Waals surface area (Å²) >= 11 is 0. The number of carbonyl (C=O) groups excluding carboxylic acids is 1. The van der Waals surface area contributed by atoms with Gasteiger partial charge >= 0.3 is 0 Å². The minimum Gasteiger partial charge on any atom is -0.455 e. The van der Waals surface area contributed by atoms with Gasteiger partial charge in [-0.2, -0.15) is 5.10 Å². The third-order valence-corrected chi connectivity index (χ3v) is 4.32. The number of amides is 1. The number of aromatic nitrogens is 1. The molecule has 0 aliphatic rings. The highest BCUT2D eigenvalue weighted by Gasteiger charge is 2.09. The molecule has 0 saturated heterocycles. The van der Waals surface area contributed by atoms with E-state index in [1.165, 1.54) is 30.7 Å². The highest BCUT2D eigenvalue weighted by Crippen LogP contribution is 2.22. The number of nitrogens with zero attached hydrogens (tertiary/aromatic N) is 2. The number of hydrogen-bond donors (Lipinski definition) is 2. The van der Waals surface area contributed by atoms with Crippen LogP contribution in [0.5, 0.6) is 0 Å². The predicted molar refractivity (Wildman–Crippen MR) is 94.8 cm³/mol. The Morgan fingerprint density at radius 2 is 1.77 bits per heavy atom. The van der Waals surface area contributed by atoms with Crippen molar-refractivity contribution in [3.8, 4) is 11.3 Å². The number of pyridine rings is 1. The van der Waals surface area contributed by atoms with Crippen molar-refractivity contribution in [3.63, 3.8) is 0 Å². The first-order valence-corrected chi connectivity index (χ1v) is 8.94. The monoisotopic (exact) mass is 370 g/mol. The van der Waals surface area contributed by atoms with Crippen molar-refractivity contribution < 1.29 is 17.6 Å². The number of hydrogen-bond acceptors (Lipinski definition) is 6. The Bertz CT molecular complexity index is 1040. The Balaban J connectivity index is 1.67. The fourth-order valence-electron chi connectivity index (χ4n) is 2.11. The smallest absolute Gasteiger partial charge is 0.271 e. The van der Waals surface area contributed by atoms with Crippen LogP contribution in [0.25, 0.3) is 11.3 Å². The fraction of sp³-hybridized carbons (Fsp3) is 0. The van der Waals surface area contributed by atoms with E-state index in [-0.39, 0.29) is 10.8 Å². The van der Waals surface area contributed by atoms with Gasteiger partial charge in [0.2, 0.25) is 10.0 Å². The maximum atomic E-state index is 11.8. The molecule has 3 N–H and O–H groups in total. The summed E-state index contributed by atoms with van der Waals surface area (Å²) < 4.78 is 28.1. The molecule has 0 unspecified atom stereocenters. The van der Waals surface area contributed by atoms with E-state index in [9.17, 15) is 13.2 Å². The van der Waals surface area contributed by atoms with Crippen LogP contribution in [-0.2, 0) is 10.0 Å². The van der Waals surface area contributed by atoms with Gasteiger partial charge in [-0.15, -0.1) is 0 Å². The molecule has 0 atom stereocenters. The van der Waals surface area contributed by atoms with Gasteiger partial charge in [0.1, 0.15) is 11.5 Å².